The molecule has 0 aromatic heterocycles. The summed E-state index contributed by atoms with van der Waals surface area (Å²) in [4.78, 5) is 6.80. The van der Waals surface area contributed by atoms with Gasteiger partial charge in [-0.25, -0.2) is 0 Å². The Kier molecular flexibility index (Phi) is 7.29. The van der Waals surface area contributed by atoms with Crippen LogP contribution < -0.4 is 10.6 Å². The summed E-state index contributed by atoms with van der Waals surface area (Å²) in [6.45, 7) is 6.62. The molecule has 0 atom stereocenters. The molecule has 0 aliphatic heterocycles. The highest BCUT2D eigenvalue weighted by atomic mass is 127. The maximum atomic E-state index is 4.25. The van der Waals surface area contributed by atoms with Gasteiger partial charge in [-0.1, -0.05) is 6.92 Å². The summed E-state index contributed by atoms with van der Waals surface area (Å²) in [5.41, 5.74) is 0. The van der Waals surface area contributed by atoms with Crippen molar-refractivity contribution in [3.05, 3.63) is 0 Å². The Morgan fingerprint density at radius 3 is 2.44 bits per heavy atom. The van der Waals surface area contributed by atoms with E-state index in [2.05, 4.69) is 27.4 Å². The quantitative estimate of drug-likeness (QED) is 0.409. The molecule has 106 valence electrons. The zero-order valence-electron chi connectivity index (χ0n) is 11.6. The fourth-order valence-electron chi connectivity index (χ4n) is 2.14. The van der Waals surface area contributed by atoms with Crippen LogP contribution in [-0.2, 0) is 0 Å². The van der Waals surface area contributed by atoms with Crippen molar-refractivity contribution >= 4 is 29.9 Å². The monoisotopic (exact) mass is 366 g/mol. The van der Waals surface area contributed by atoms with E-state index in [0.29, 0.717) is 0 Å². The zero-order chi connectivity index (χ0) is 12.1. The van der Waals surface area contributed by atoms with Crippen LogP contribution in [0.4, 0.5) is 0 Å². The molecule has 18 heavy (non-hydrogen) atoms. The van der Waals surface area contributed by atoms with Gasteiger partial charge < -0.3 is 10.6 Å². The van der Waals surface area contributed by atoms with Gasteiger partial charge in [-0.2, -0.15) is 0 Å². The Hall–Kier alpha value is -0.0400. The van der Waals surface area contributed by atoms with Crippen molar-refractivity contribution in [2.45, 2.75) is 38.6 Å². The predicted molar refractivity (Wildman–Crippen MR) is 87.8 cm³/mol. The van der Waals surface area contributed by atoms with Crippen molar-refractivity contribution in [1.82, 2.24) is 15.5 Å². The first-order chi connectivity index (χ1) is 8.33. The number of rotatable bonds is 7. The second kappa shape index (κ2) is 8.19. The molecule has 0 spiro atoms. The highest BCUT2D eigenvalue weighted by Crippen LogP contribution is 2.27. The number of hydrogen-bond acceptors (Lipinski definition) is 2. The molecule has 0 unspecified atom stereocenters. The third-order valence-corrected chi connectivity index (χ3v) is 3.64. The molecule has 2 fully saturated rings. The van der Waals surface area contributed by atoms with Gasteiger partial charge in [0.05, 0.1) is 0 Å². The molecule has 2 rings (SSSR count). The summed E-state index contributed by atoms with van der Waals surface area (Å²) in [5, 5.41) is 6.79. The normalized spacial score (nSPS) is 19.6. The summed E-state index contributed by atoms with van der Waals surface area (Å²) < 4.78 is 0. The second-order valence-electron chi connectivity index (χ2n) is 5.18. The van der Waals surface area contributed by atoms with E-state index in [1.807, 2.05) is 7.05 Å². The first-order valence-corrected chi connectivity index (χ1v) is 7.02. The van der Waals surface area contributed by atoms with Crippen LogP contribution in [-0.4, -0.2) is 50.1 Å². The van der Waals surface area contributed by atoms with E-state index >= 15 is 0 Å². The molecular formula is C13H27IN4. The zero-order valence-corrected chi connectivity index (χ0v) is 13.9. The largest absolute Gasteiger partial charge is 0.356 e. The minimum atomic E-state index is 0. The van der Waals surface area contributed by atoms with Gasteiger partial charge in [-0.05, 0) is 38.1 Å². The Balaban J connectivity index is 0.00000162. The third-order valence-electron chi connectivity index (χ3n) is 3.64. The molecule has 5 heteroatoms. The van der Waals surface area contributed by atoms with Gasteiger partial charge in [0.1, 0.15) is 0 Å². The Morgan fingerprint density at radius 2 is 1.94 bits per heavy atom. The molecule has 0 aromatic rings. The number of nitrogens with zero attached hydrogens (tertiary/aromatic N) is 2. The van der Waals surface area contributed by atoms with Crippen LogP contribution in [0.15, 0.2) is 4.99 Å². The van der Waals surface area contributed by atoms with Crippen LogP contribution in [0.2, 0.25) is 0 Å². The fraction of sp³-hybridized carbons (Fsp3) is 0.923. The highest BCUT2D eigenvalue weighted by Gasteiger charge is 2.27. The van der Waals surface area contributed by atoms with Crippen molar-refractivity contribution in [2.24, 2.45) is 10.9 Å². The molecule has 4 nitrogen and oxygen atoms in total. The van der Waals surface area contributed by atoms with Crippen LogP contribution in [0.25, 0.3) is 0 Å². The summed E-state index contributed by atoms with van der Waals surface area (Å²) in [5.74, 6) is 1.86. The summed E-state index contributed by atoms with van der Waals surface area (Å²) in [7, 11) is 1.85. The first-order valence-electron chi connectivity index (χ1n) is 7.02. The number of aliphatic imine (C=N–C) groups is 1. The minimum Gasteiger partial charge on any atom is -0.356 e. The van der Waals surface area contributed by atoms with E-state index in [1.54, 1.807) is 0 Å². The van der Waals surface area contributed by atoms with Gasteiger partial charge in [0.2, 0.25) is 0 Å². The lowest BCUT2D eigenvalue weighted by atomic mass is 10.4. The van der Waals surface area contributed by atoms with Crippen LogP contribution in [0.3, 0.4) is 0 Å². The number of likely N-dealkylation sites (N-methyl/N-ethyl adjacent to an activating group) is 1. The van der Waals surface area contributed by atoms with E-state index in [-0.39, 0.29) is 24.0 Å². The summed E-state index contributed by atoms with van der Waals surface area (Å²) >= 11 is 0. The van der Waals surface area contributed by atoms with Crippen molar-refractivity contribution < 1.29 is 0 Å². The Bertz CT molecular complexity index is 262. The number of nitrogens with one attached hydrogen (secondary N) is 2. The maximum absolute atomic E-state index is 4.25. The van der Waals surface area contributed by atoms with Crippen molar-refractivity contribution in [1.29, 1.82) is 0 Å². The molecule has 0 amide bonds. The van der Waals surface area contributed by atoms with Crippen molar-refractivity contribution in [3.8, 4) is 0 Å². The Morgan fingerprint density at radius 1 is 1.22 bits per heavy atom. The van der Waals surface area contributed by atoms with Gasteiger partial charge >= 0.3 is 0 Å². The smallest absolute Gasteiger partial charge is 0.191 e. The summed E-state index contributed by atoms with van der Waals surface area (Å²) in [6, 6.07) is 0.864. The van der Waals surface area contributed by atoms with Crippen LogP contribution in [0.5, 0.6) is 0 Å². The van der Waals surface area contributed by atoms with E-state index in [9.17, 15) is 0 Å². The van der Waals surface area contributed by atoms with Crippen molar-refractivity contribution in [3.63, 3.8) is 0 Å². The van der Waals surface area contributed by atoms with Gasteiger partial charge in [-0.15, -0.1) is 24.0 Å². The fourth-order valence-corrected chi connectivity index (χ4v) is 2.14. The number of guanidine groups is 1. The molecule has 0 bridgehead atoms. The second-order valence-corrected chi connectivity index (χ2v) is 5.18. The van der Waals surface area contributed by atoms with Crippen LogP contribution in [0.1, 0.15) is 32.6 Å². The SMILES string of the molecule is CCN(CCNC(=NC)NCC1CC1)C1CC1.I. The van der Waals surface area contributed by atoms with E-state index in [1.165, 1.54) is 32.2 Å². The number of halogens is 1. The lowest BCUT2D eigenvalue weighted by Gasteiger charge is -2.20. The first kappa shape index (κ1) is 16.0. The van der Waals surface area contributed by atoms with Gasteiger partial charge in [0.15, 0.2) is 5.96 Å². The van der Waals surface area contributed by atoms with E-state index < -0.39 is 0 Å². The van der Waals surface area contributed by atoms with Gasteiger partial charge in [0, 0.05) is 32.7 Å². The molecule has 2 N–H and O–H groups in total. The van der Waals surface area contributed by atoms with Crippen molar-refractivity contribution in [2.75, 3.05) is 33.2 Å². The predicted octanol–water partition coefficient (Wildman–Crippen LogP) is 1.66. The highest BCUT2D eigenvalue weighted by molar-refractivity contribution is 14.0. The number of hydrogen-bond donors (Lipinski definition) is 2. The topological polar surface area (TPSA) is 39.7 Å². The van der Waals surface area contributed by atoms with E-state index in [4.69, 9.17) is 0 Å². The van der Waals surface area contributed by atoms with Gasteiger partial charge in [-0.3, -0.25) is 9.89 Å². The third kappa shape index (κ3) is 5.73. The average Bonchev–Trinajstić information content (AvgIpc) is 3.20. The minimum absolute atomic E-state index is 0. The standard InChI is InChI=1S/C13H26N4.HI/c1-3-17(12-6-7-12)9-8-15-13(14-2)16-10-11-4-5-11;/h11-12H,3-10H2,1-2H3,(H2,14,15,16);1H. The molecule has 0 radical (unpaired) electrons. The molecule has 2 saturated carbocycles. The lowest BCUT2D eigenvalue weighted by Crippen LogP contribution is -2.42. The summed E-state index contributed by atoms with van der Waals surface area (Å²) in [6.07, 6.45) is 5.55. The average molecular weight is 366 g/mol. The molecule has 2 aliphatic carbocycles. The van der Waals surface area contributed by atoms with Crippen LogP contribution >= 0.6 is 24.0 Å². The molecule has 0 saturated heterocycles. The van der Waals surface area contributed by atoms with E-state index in [0.717, 1.165) is 37.6 Å². The van der Waals surface area contributed by atoms with Crippen LogP contribution in [0, 0.1) is 5.92 Å². The van der Waals surface area contributed by atoms with Gasteiger partial charge in [0.25, 0.3) is 0 Å². The molecular weight excluding hydrogens is 339 g/mol. The molecule has 0 aromatic carbocycles. The Labute approximate surface area is 128 Å². The molecule has 0 heterocycles. The lowest BCUT2D eigenvalue weighted by molar-refractivity contribution is 0.282. The molecule has 2 aliphatic rings. The maximum Gasteiger partial charge on any atom is 0.191 e.